The quantitative estimate of drug-likeness (QED) is 0.706. The van der Waals surface area contributed by atoms with Crippen molar-refractivity contribution >= 4 is 17.5 Å². The lowest BCUT2D eigenvalue weighted by atomic mass is 10.2. The first-order chi connectivity index (χ1) is 13.2. The summed E-state index contributed by atoms with van der Waals surface area (Å²) in [4.78, 5) is 28.8. The molecular formula is C21H19N3O3. The molecule has 2 amide bonds. The van der Waals surface area contributed by atoms with Gasteiger partial charge in [0, 0.05) is 30.1 Å². The lowest BCUT2D eigenvalue weighted by Gasteiger charge is -2.08. The van der Waals surface area contributed by atoms with E-state index < -0.39 is 5.91 Å². The molecule has 0 saturated carbocycles. The van der Waals surface area contributed by atoms with E-state index in [-0.39, 0.29) is 11.6 Å². The fourth-order valence-corrected chi connectivity index (χ4v) is 2.47. The maximum Gasteiger partial charge on any atom is 0.274 e. The number of rotatable bonds is 6. The standard InChI is InChI=1S/C21H19N3O3/c1-27-18-9-5-8-17(13-18)24-21(26)19-12-16(10-11-22-19)20(25)23-14-15-6-3-2-4-7-15/h2-13H,14H2,1H3,(H,23,25)(H,24,26). The zero-order valence-corrected chi connectivity index (χ0v) is 14.8. The van der Waals surface area contributed by atoms with Gasteiger partial charge in [-0.3, -0.25) is 14.6 Å². The smallest absolute Gasteiger partial charge is 0.274 e. The summed E-state index contributed by atoms with van der Waals surface area (Å²) >= 11 is 0. The van der Waals surface area contributed by atoms with E-state index in [9.17, 15) is 9.59 Å². The van der Waals surface area contributed by atoms with Crippen molar-refractivity contribution in [2.24, 2.45) is 0 Å². The van der Waals surface area contributed by atoms with Gasteiger partial charge in [0.1, 0.15) is 11.4 Å². The molecule has 0 unspecified atom stereocenters. The summed E-state index contributed by atoms with van der Waals surface area (Å²) in [5.74, 6) is -0.0348. The molecule has 6 heteroatoms. The number of hydrogen-bond donors (Lipinski definition) is 2. The van der Waals surface area contributed by atoms with Crippen LogP contribution in [0, 0.1) is 0 Å². The molecule has 136 valence electrons. The number of hydrogen-bond acceptors (Lipinski definition) is 4. The Kier molecular flexibility index (Phi) is 5.79. The number of carbonyl (C=O) groups is 2. The average Bonchev–Trinajstić information content (AvgIpc) is 2.73. The van der Waals surface area contributed by atoms with E-state index in [0.29, 0.717) is 23.5 Å². The summed E-state index contributed by atoms with van der Waals surface area (Å²) in [6, 6.07) is 19.6. The maximum atomic E-state index is 12.4. The molecule has 0 radical (unpaired) electrons. The van der Waals surface area contributed by atoms with Gasteiger partial charge in [-0.15, -0.1) is 0 Å². The van der Waals surface area contributed by atoms with Crippen LogP contribution < -0.4 is 15.4 Å². The van der Waals surface area contributed by atoms with Crippen molar-refractivity contribution in [1.82, 2.24) is 10.3 Å². The van der Waals surface area contributed by atoms with Crippen LogP contribution in [-0.4, -0.2) is 23.9 Å². The summed E-state index contributed by atoms with van der Waals surface area (Å²) < 4.78 is 5.14. The maximum absolute atomic E-state index is 12.4. The van der Waals surface area contributed by atoms with Gasteiger partial charge in [0.25, 0.3) is 11.8 Å². The summed E-state index contributed by atoms with van der Waals surface area (Å²) in [6.07, 6.45) is 1.44. The number of nitrogens with one attached hydrogen (secondary N) is 2. The Morgan fingerprint density at radius 3 is 2.56 bits per heavy atom. The molecule has 0 atom stereocenters. The van der Waals surface area contributed by atoms with Gasteiger partial charge in [-0.1, -0.05) is 36.4 Å². The molecule has 0 fully saturated rings. The van der Waals surface area contributed by atoms with Gasteiger partial charge in [0.2, 0.25) is 0 Å². The molecule has 0 aliphatic rings. The SMILES string of the molecule is COc1cccc(NC(=O)c2cc(C(=O)NCc3ccccc3)ccn2)c1. The van der Waals surface area contributed by atoms with Crippen molar-refractivity contribution in [2.75, 3.05) is 12.4 Å². The first kappa shape index (κ1) is 18.1. The number of nitrogens with zero attached hydrogens (tertiary/aromatic N) is 1. The Balaban J connectivity index is 1.66. The highest BCUT2D eigenvalue weighted by Gasteiger charge is 2.12. The second kappa shape index (κ2) is 8.62. The van der Waals surface area contributed by atoms with Crippen LogP contribution in [0.4, 0.5) is 5.69 Å². The minimum absolute atomic E-state index is 0.158. The lowest BCUT2D eigenvalue weighted by molar-refractivity contribution is 0.0951. The van der Waals surface area contributed by atoms with Crippen molar-refractivity contribution in [3.63, 3.8) is 0 Å². The van der Waals surface area contributed by atoms with Crippen LogP contribution in [0.3, 0.4) is 0 Å². The van der Waals surface area contributed by atoms with E-state index in [1.54, 1.807) is 37.4 Å². The van der Waals surface area contributed by atoms with Crippen LogP contribution in [0.5, 0.6) is 5.75 Å². The normalized spacial score (nSPS) is 10.1. The minimum atomic E-state index is -0.402. The Hall–Kier alpha value is -3.67. The van der Waals surface area contributed by atoms with E-state index in [4.69, 9.17) is 4.74 Å². The number of aromatic nitrogens is 1. The average molecular weight is 361 g/mol. The van der Waals surface area contributed by atoms with Crippen LogP contribution in [0.2, 0.25) is 0 Å². The van der Waals surface area contributed by atoms with Crippen LogP contribution >= 0.6 is 0 Å². The van der Waals surface area contributed by atoms with Gasteiger partial charge in [0.05, 0.1) is 7.11 Å². The van der Waals surface area contributed by atoms with Crippen molar-refractivity contribution in [3.8, 4) is 5.75 Å². The summed E-state index contributed by atoms with van der Waals surface area (Å²) in [6.45, 7) is 0.410. The number of methoxy groups -OCH3 is 1. The minimum Gasteiger partial charge on any atom is -0.497 e. The van der Waals surface area contributed by atoms with E-state index >= 15 is 0 Å². The van der Waals surface area contributed by atoms with E-state index in [0.717, 1.165) is 5.56 Å². The van der Waals surface area contributed by atoms with Gasteiger partial charge < -0.3 is 15.4 Å². The molecule has 2 N–H and O–H groups in total. The van der Waals surface area contributed by atoms with E-state index in [1.165, 1.54) is 12.3 Å². The highest BCUT2D eigenvalue weighted by molar-refractivity contribution is 6.04. The van der Waals surface area contributed by atoms with Crippen LogP contribution in [0.1, 0.15) is 26.4 Å². The Bertz CT molecular complexity index is 942. The van der Waals surface area contributed by atoms with Gasteiger partial charge in [-0.05, 0) is 29.8 Å². The Morgan fingerprint density at radius 2 is 1.78 bits per heavy atom. The predicted octanol–water partition coefficient (Wildman–Crippen LogP) is 3.27. The number of anilines is 1. The van der Waals surface area contributed by atoms with Crippen LogP contribution in [0.15, 0.2) is 72.9 Å². The second-order valence-electron chi connectivity index (χ2n) is 5.78. The number of carbonyl (C=O) groups excluding carboxylic acids is 2. The molecule has 3 aromatic rings. The third-order valence-corrected chi connectivity index (χ3v) is 3.88. The first-order valence-electron chi connectivity index (χ1n) is 8.39. The van der Waals surface area contributed by atoms with E-state index in [1.807, 2.05) is 30.3 Å². The highest BCUT2D eigenvalue weighted by Crippen LogP contribution is 2.17. The molecule has 6 nitrogen and oxygen atoms in total. The molecule has 0 aliphatic heterocycles. The molecule has 0 saturated heterocycles. The zero-order valence-electron chi connectivity index (χ0n) is 14.8. The first-order valence-corrected chi connectivity index (χ1v) is 8.39. The molecule has 27 heavy (non-hydrogen) atoms. The molecule has 1 aromatic heterocycles. The topological polar surface area (TPSA) is 80.3 Å². The van der Waals surface area contributed by atoms with Gasteiger partial charge in [-0.25, -0.2) is 0 Å². The second-order valence-corrected chi connectivity index (χ2v) is 5.78. The molecule has 0 bridgehead atoms. The fourth-order valence-electron chi connectivity index (χ4n) is 2.47. The number of benzene rings is 2. The molecule has 2 aromatic carbocycles. The Morgan fingerprint density at radius 1 is 0.963 bits per heavy atom. The molecule has 3 rings (SSSR count). The summed E-state index contributed by atoms with van der Waals surface area (Å²) in [5, 5.41) is 5.57. The largest absolute Gasteiger partial charge is 0.497 e. The molecule has 0 aliphatic carbocycles. The number of ether oxygens (including phenoxy) is 1. The van der Waals surface area contributed by atoms with Crippen LogP contribution in [0.25, 0.3) is 0 Å². The third kappa shape index (κ3) is 4.92. The monoisotopic (exact) mass is 361 g/mol. The highest BCUT2D eigenvalue weighted by atomic mass is 16.5. The molecule has 1 heterocycles. The van der Waals surface area contributed by atoms with Crippen molar-refractivity contribution in [2.45, 2.75) is 6.54 Å². The fraction of sp³-hybridized carbons (Fsp3) is 0.0952. The van der Waals surface area contributed by atoms with Crippen molar-refractivity contribution in [3.05, 3.63) is 89.7 Å². The van der Waals surface area contributed by atoms with E-state index in [2.05, 4.69) is 15.6 Å². The van der Waals surface area contributed by atoms with Crippen molar-refractivity contribution < 1.29 is 14.3 Å². The lowest BCUT2D eigenvalue weighted by Crippen LogP contribution is -2.23. The third-order valence-electron chi connectivity index (χ3n) is 3.88. The summed E-state index contributed by atoms with van der Waals surface area (Å²) in [7, 11) is 1.56. The molecule has 0 spiro atoms. The molecular weight excluding hydrogens is 342 g/mol. The predicted molar refractivity (Wildman–Crippen MR) is 103 cm³/mol. The van der Waals surface area contributed by atoms with Gasteiger partial charge >= 0.3 is 0 Å². The van der Waals surface area contributed by atoms with Crippen LogP contribution in [-0.2, 0) is 6.54 Å². The Labute approximate surface area is 157 Å². The van der Waals surface area contributed by atoms with Gasteiger partial charge in [-0.2, -0.15) is 0 Å². The number of amides is 2. The van der Waals surface area contributed by atoms with Gasteiger partial charge in [0.15, 0.2) is 0 Å². The summed E-state index contributed by atoms with van der Waals surface area (Å²) in [5.41, 5.74) is 2.11. The van der Waals surface area contributed by atoms with Crippen molar-refractivity contribution in [1.29, 1.82) is 0 Å². The zero-order chi connectivity index (χ0) is 19.1. The number of pyridine rings is 1.